The van der Waals surface area contributed by atoms with E-state index in [2.05, 4.69) is 0 Å². The Morgan fingerprint density at radius 1 is 1.09 bits per heavy atom. The predicted molar refractivity (Wildman–Crippen MR) is 110 cm³/mol. The predicted octanol–water partition coefficient (Wildman–Crippen LogP) is 7.41. The second-order valence-electron chi connectivity index (χ2n) is 7.80. The first-order chi connectivity index (χ1) is 15.4. The molecule has 0 spiro atoms. The van der Waals surface area contributed by atoms with Crippen LogP contribution in [0.1, 0.15) is 43.2 Å². The van der Waals surface area contributed by atoms with Crippen molar-refractivity contribution in [1.82, 2.24) is 0 Å². The van der Waals surface area contributed by atoms with Crippen molar-refractivity contribution >= 4 is 17.6 Å². The van der Waals surface area contributed by atoms with Gasteiger partial charge in [0, 0.05) is 12.0 Å². The van der Waals surface area contributed by atoms with E-state index >= 15 is 0 Å². The number of benzene rings is 2. The molecule has 3 nitrogen and oxygen atoms in total. The lowest BCUT2D eigenvalue weighted by Crippen LogP contribution is -2.19. The number of carbonyl (C=O) groups is 1. The van der Waals surface area contributed by atoms with E-state index in [1.807, 2.05) is 0 Å². The number of halogens is 7. The molecule has 0 bridgehead atoms. The lowest BCUT2D eigenvalue weighted by Gasteiger charge is -2.17. The molecule has 0 saturated heterocycles. The summed E-state index contributed by atoms with van der Waals surface area (Å²) >= 11 is 6.26. The molecule has 0 heterocycles. The van der Waals surface area contributed by atoms with Crippen molar-refractivity contribution in [3.63, 3.8) is 0 Å². The minimum atomic E-state index is -4.62. The summed E-state index contributed by atoms with van der Waals surface area (Å²) in [6.45, 7) is 0.411. The maximum atomic E-state index is 12.9. The Bertz CT molecular complexity index is 985. The molecular weight excluding hydrogens is 474 g/mol. The molecule has 10 heteroatoms. The maximum absolute atomic E-state index is 12.9. The van der Waals surface area contributed by atoms with Crippen LogP contribution in [0.3, 0.4) is 0 Å². The molecule has 0 N–H and O–H groups in total. The molecule has 1 aliphatic carbocycles. The molecule has 0 aliphatic heterocycles. The highest BCUT2D eigenvalue weighted by Crippen LogP contribution is 2.52. The van der Waals surface area contributed by atoms with Crippen molar-refractivity contribution in [3.8, 4) is 16.9 Å². The topological polar surface area (TPSA) is 35.5 Å². The van der Waals surface area contributed by atoms with E-state index in [-0.39, 0.29) is 46.1 Å². The Morgan fingerprint density at radius 3 is 2.33 bits per heavy atom. The molecule has 2 unspecified atom stereocenters. The zero-order chi connectivity index (χ0) is 24.4. The monoisotopic (exact) mass is 494 g/mol. The van der Waals surface area contributed by atoms with E-state index in [9.17, 15) is 31.1 Å². The highest BCUT2D eigenvalue weighted by Gasteiger charge is 2.39. The van der Waals surface area contributed by atoms with Gasteiger partial charge in [-0.05, 0) is 67.0 Å². The van der Waals surface area contributed by atoms with Crippen molar-refractivity contribution in [2.45, 2.75) is 44.5 Å². The van der Waals surface area contributed by atoms with E-state index < -0.39 is 24.5 Å². The van der Waals surface area contributed by atoms with Crippen LogP contribution < -0.4 is 4.74 Å². The molecule has 1 fully saturated rings. The van der Waals surface area contributed by atoms with Gasteiger partial charge in [0.15, 0.2) is 6.61 Å². The van der Waals surface area contributed by atoms with Gasteiger partial charge < -0.3 is 9.47 Å². The fourth-order valence-electron chi connectivity index (χ4n) is 3.69. The summed E-state index contributed by atoms with van der Waals surface area (Å²) in [5.41, 5.74) is 0.259. The zero-order valence-electron chi connectivity index (χ0n) is 17.5. The van der Waals surface area contributed by atoms with Crippen molar-refractivity contribution in [2.75, 3.05) is 13.2 Å². The Balaban J connectivity index is 1.89. The van der Waals surface area contributed by atoms with Crippen LogP contribution in [0.5, 0.6) is 5.75 Å². The van der Waals surface area contributed by atoms with E-state index in [1.165, 1.54) is 18.2 Å². The van der Waals surface area contributed by atoms with E-state index in [0.29, 0.717) is 13.0 Å². The van der Waals surface area contributed by atoms with Gasteiger partial charge in [0.05, 0.1) is 17.2 Å². The number of hydrogen-bond acceptors (Lipinski definition) is 3. The molecule has 2 atom stereocenters. The number of alkyl halides is 6. The van der Waals surface area contributed by atoms with E-state index in [0.717, 1.165) is 24.1 Å². The molecule has 3 rings (SSSR count). The first kappa shape index (κ1) is 25.2. The van der Waals surface area contributed by atoms with Crippen LogP contribution in [0.15, 0.2) is 36.4 Å². The maximum Gasteiger partial charge on any atom is 0.422 e. The van der Waals surface area contributed by atoms with Gasteiger partial charge in [0.25, 0.3) is 0 Å². The van der Waals surface area contributed by atoms with Crippen LogP contribution in [0.4, 0.5) is 26.3 Å². The van der Waals surface area contributed by atoms with Gasteiger partial charge in [0.1, 0.15) is 5.75 Å². The highest BCUT2D eigenvalue weighted by atomic mass is 35.5. The molecular formula is C23H21ClF6O3. The SMILES string of the molecule is CCOC(=O)CCC1CC1c1cc(Cl)c(OCC(F)(F)F)c(-c2ccc(C(F)(F)F)cc2)c1. The number of carbonyl (C=O) groups excluding carboxylic acids is 1. The van der Waals surface area contributed by atoms with Crippen molar-refractivity contribution in [1.29, 1.82) is 0 Å². The normalized spacial score (nSPS) is 18.2. The molecule has 33 heavy (non-hydrogen) atoms. The second-order valence-corrected chi connectivity index (χ2v) is 8.21. The molecule has 1 saturated carbocycles. The van der Waals surface area contributed by atoms with Crippen LogP contribution in [0, 0.1) is 5.92 Å². The third kappa shape index (κ3) is 6.79. The van der Waals surface area contributed by atoms with Crippen LogP contribution in [-0.4, -0.2) is 25.4 Å². The third-order valence-electron chi connectivity index (χ3n) is 5.34. The standard InChI is InChI=1S/C23H21ClF6O3/c1-2-32-20(31)8-5-14-9-17(14)15-10-18(13-3-6-16(7-4-13)23(28,29)30)21(19(24)11-15)33-12-22(25,26)27/h3-4,6-7,10-11,14,17H,2,5,8-9,12H2,1H3. The molecule has 2 aromatic carbocycles. The largest absolute Gasteiger partial charge is 0.482 e. The Kier molecular flexibility index (Phi) is 7.51. The van der Waals surface area contributed by atoms with Gasteiger partial charge >= 0.3 is 18.3 Å². The molecule has 0 aromatic heterocycles. The molecule has 0 amide bonds. The summed E-state index contributed by atoms with van der Waals surface area (Å²) < 4.78 is 86.8. The van der Waals surface area contributed by atoms with Crippen LogP contribution in [0.25, 0.3) is 11.1 Å². The summed E-state index contributed by atoms with van der Waals surface area (Å²) in [7, 11) is 0. The van der Waals surface area contributed by atoms with Gasteiger partial charge in [-0.2, -0.15) is 26.3 Å². The second kappa shape index (κ2) is 9.83. The lowest BCUT2D eigenvalue weighted by molar-refractivity contribution is -0.153. The van der Waals surface area contributed by atoms with Crippen molar-refractivity contribution in [3.05, 3.63) is 52.5 Å². The number of esters is 1. The summed E-state index contributed by atoms with van der Waals surface area (Å²) in [6, 6.07) is 7.14. The zero-order valence-corrected chi connectivity index (χ0v) is 18.3. The molecule has 0 radical (unpaired) electrons. The average Bonchev–Trinajstić information content (AvgIpc) is 3.50. The molecule has 2 aromatic rings. The van der Waals surface area contributed by atoms with E-state index in [4.69, 9.17) is 21.1 Å². The van der Waals surface area contributed by atoms with Gasteiger partial charge in [-0.15, -0.1) is 0 Å². The summed E-state index contributed by atoms with van der Waals surface area (Å²) in [5, 5.41) is -0.0670. The van der Waals surface area contributed by atoms with Gasteiger partial charge in [0.2, 0.25) is 0 Å². The third-order valence-corrected chi connectivity index (χ3v) is 5.63. The minimum absolute atomic E-state index is 0.0294. The Hall–Kier alpha value is -2.42. The van der Waals surface area contributed by atoms with E-state index in [1.54, 1.807) is 13.0 Å². The summed E-state index contributed by atoms with van der Waals surface area (Å²) in [6.07, 6.45) is -7.57. The number of rotatable bonds is 8. The lowest BCUT2D eigenvalue weighted by atomic mass is 9.97. The summed E-state index contributed by atoms with van der Waals surface area (Å²) in [4.78, 5) is 11.6. The fraction of sp³-hybridized carbons (Fsp3) is 0.435. The fourth-order valence-corrected chi connectivity index (χ4v) is 3.98. The first-order valence-electron chi connectivity index (χ1n) is 10.2. The van der Waals surface area contributed by atoms with Crippen molar-refractivity contribution in [2.24, 2.45) is 5.92 Å². The summed E-state index contributed by atoms with van der Waals surface area (Å²) in [5.74, 6) is -0.349. The van der Waals surface area contributed by atoms with Gasteiger partial charge in [-0.3, -0.25) is 4.79 Å². The van der Waals surface area contributed by atoms with Gasteiger partial charge in [-0.1, -0.05) is 23.7 Å². The average molecular weight is 495 g/mol. The smallest absolute Gasteiger partial charge is 0.422 e. The Morgan fingerprint density at radius 2 is 1.76 bits per heavy atom. The van der Waals surface area contributed by atoms with Crippen LogP contribution in [-0.2, 0) is 15.7 Å². The number of hydrogen-bond donors (Lipinski definition) is 0. The van der Waals surface area contributed by atoms with Crippen molar-refractivity contribution < 1.29 is 40.6 Å². The number of ether oxygens (including phenoxy) is 2. The van der Waals surface area contributed by atoms with Gasteiger partial charge in [-0.25, -0.2) is 0 Å². The minimum Gasteiger partial charge on any atom is -0.482 e. The first-order valence-corrected chi connectivity index (χ1v) is 10.6. The van der Waals surface area contributed by atoms with Crippen LogP contribution in [0.2, 0.25) is 5.02 Å². The molecule has 180 valence electrons. The quantitative estimate of drug-likeness (QED) is 0.283. The van der Waals surface area contributed by atoms with Crippen LogP contribution >= 0.6 is 11.6 Å². The highest BCUT2D eigenvalue weighted by molar-refractivity contribution is 6.32. The Labute approximate surface area is 191 Å². The molecule has 1 aliphatic rings.